The minimum absolute atomic E-state index is 0.0293. The molecule has 1 saturated carbocycles. The molecule has 18 heavy (non-hydrogen) atoms. The van der Waals surface area contributed by atoms with Crippen LogP contribution in [0.1, 0.15) is 43.0 Å². The van der Waals surface area contributed by atoms with Crippen LogP contribution in [0.2, 0.25) is 5.02 Å². The van der Waals surface area contributed by atoms with E-state index in [1.807, 2.05) is 12.1 Å². The lowest BCUT2D eigenvalue weighted by Gasteiger charge is -2.28. The van der Waals surface area contributed by atoms with Crippen molar-refractivity contribution in [3.63, 3.8) is 0 Å². The Kier molecular flexibility index (Phi) is 4.79. The van der Waals surface area contributed by atoms with Crippen LogP contribution in [0.15, 0.2) is 24.3 Å². The molecule has 0 saturated heterocycles. The van der Waals surface area contributed by atoms with Crippen molar-refractivity contribution in [1.82, 2.24) is 0 Å². The monoisotopic (exact) mass is 266 g/mol. The number of ketones is 1. The molecular weight excluding hydrogens is 248 g/mol. The molecule has 0 aliphatic heterocycles. The van der Waals surface area contributed by atoms with Crippen molar-refractivity contribution in [2.75, 3.05) is 6.61 Å². The molecule has 3 heteroatoms. The molecule has 0 amide bonds. The molecule has 1 aliphatic carbocycles. The fourth-order valence-corrected chi connectivity index (χ4v) is 2.72. The second kappa shape index (κ2) is 6.35. The maximum atomic E-state index is 12.0. The summed E-state index contributed by atoms with van der Waals surface area (Å²) in [4.78, 5) is 12.0. The van der Waals surface area contributed by atoms with Gasteiger partial charge >= 0.3 is 0 Å². The highest BCUT2D eigenvalue weighted by molar-refractivity contribution is 6.34. The molecule has 1 fully saturated rings. The Labute approximate surface area is 113 Å². The van der Waals surface area contributed by atoms with Crippen molar-refractivity contribution < 1.29 is 9.53 Å². The number of benzene rings is 1. The smallest absolute Gasteiger partial charge is 0.189 e. The average molecular weight is 267 g/mol. The van der Waals surface area contributed by atoms with Gasteiger partial charge in [0, 0.05) is 5.56 Å². The Bertz CT molecular complexity index is 417. The summed E-state index contributed by atoms with van der Waals surface area (Å²) < 4.78 is 5.76. The van der Waals surface area contributed by atoms with Crippen LogP contribution in [-0.2, 0) is 4.74 Å². The van der Waals surface area contributed by atoms with E-state index in [4.69, 9.17) is 16.3 Å². The van der Waals surface area contributed by atoms with Crippen LogP contribution in [0.3, 0.4) is 0 Å². The molecule has 2 rings (SSSR count). The average Bonchev–Trinajstić information content (AvgIpc) is 2.38. The summed E-state index contributed by atoms with van der Waals surface area (Å²) in [6.45, 7) is 2.34. The summed E-state index contributed by atoms with van der Waals surface area (Å²) in [5, 5.41) is 0.503. The molecule has 0 radical (unpaired) electrons. The fraction of sp³-hybridized carbons (Fsp3) is 0.533. The zero-order valence-electron chi connectivity index (χ0n) is 10.7. The molecule has 1 aromatic carbocycles. The lowest BCUT2D eigenvalue weighted by atomic mass is 9.88. The van der Waals surface area contributed by atoms with Gasteiger partial charge in [-0.05, 0) is 30.9 Å². The summed E-state index contributed by atoms with van der Waals surface area (Å²) >= 11 is 5.99. The van der Waals surface area contributed by atoms with Crippen LogP contribution >= 0.6 is 11.6 Å². The van der Waals surface area contributed by atoms with Crippen molar-refractivity contribution in [2.45, 2.75) is 38.7 Å². The van der Waals surface area contributed by atoms with Gasteiger partial charge in [-0.25, -0.2) is 0 Å². The van der Waals surface area contributed by atoms with Crippen LogP contribution in [0.25, 0.3) is 0 Å². The van der Waals surface area contributed by atoms with Gasteiger partial charge in [0.1, 0.15) is 6.61 Å². The first-order valence-electron chi connectivity index (χ1n) is 6.58. The van der Waals surface area contributed by atoms with Gasteiger partial charge in [-0.1, -0.05) is 43.5 Å². The third kappa shape index (κ3) is 3.33. The van der Waals surface area contributed by atoms with E-state index in [-0.39, 0.29) is 18.5 Å². The van der Waals surface area contributed by atoms with E-state index in [1.54, 1.807) is 12.1 Å². The zero-order chi connectivity index (χ0) is 13.0. The molecule has 0 N–H and O–H groups in total. The first-order chi connectivity index (χ1) is 8.68. The first-order valence-corrected chi connectivity index (χ1v) is 6.95. The van der Waals surface area contributed by atoms with Gasteiger partial charge in [-0.15, -0.1) is 0 Å². The minimum Gasteiger partial charge on any atom is -0.370 e. The Morgan fingerprint density at radius 2 is 2.06 bits per heavy atom. The predicted octanol–water partition coefficient (Wildman–Crippen LogP) is 4.12. The van der Waals surface area contributed by atoms with Crippen molar-refractivity contribution in [2.24, 2.45) is 5.92 Å². The summed E-state index contributed by atoms with van der Waals surface area (Å²) in [5.74, 6) is 0.524. The Balaban J connectivity index is 1.90. The van der Waals surface area contributed by atoms with E-state index < -0.39 is 0 Å². The third-order valence-electron chi connectivity index (χ3n) is 3.64. The van der Waals surface area contributed by atoms with E-state index in [0.29, 0.717) is 16.5 Å². The molecule has 2 nitrogen and oxygen atoms in total. The highest BCUT2D eigenvalue weighted by Crippen LogP contribution is 2.26. The van der Waals surface area contributed by atoms with Gasteiger partial charge in [0.25, 0.3) is 0 Å². The lowest BCUT2D eigenvalue weighted by molar-refractivity contribution is 0.000754. The molecule has 2 unspecified atom stereocenters. The molecule has 0 bridgehead atoms. The molecule has 98 valence electrons. The van der Waals surface area contributed by atoms with E-state index in [9.17, 15) is 4.79 Å². The van der Waals surface area contributed by atoms with E-state index >= 15 is 0 Å². The van der Waals surface area contributed by atoms with E-state index in [1.165, 1.54) is 19.3 Å². The Morgan fingerprint density at radius 3 is 2.78 bits per heavy atom. The van der Waals surface area contributed by atoms with Crippen molar-refractivity contribution in [3.8, 4) is 0 Å². The number of carbonyl (C=O) groups is 1. The van der Waals surface area contributed by atoms with Gasteiger partial charge < -0.3 is 4.74 Å². The SMILES string of the molecule is CC1CCCCC1OCC(=O)c1ccccc1Cl. The number of rotatable bonds is 4. The van der Waals surface area contributed by atoms with Crippen LogP contribution in [0, 0.1) is 5.92 Å². The molecule has 2 atom stereocenters. The molecule has 0 spiro atoms. The second-order valence-electron chi connectivity index (χ2n) is 5.01. The van der Waals surface area contributed by atoms with Crippen LogP contribution in [-0.4, -0.2) is 18.5 Å². The number of carbonyl (C=O) groups excluding carboxylic acids is 1. The Hall–Kier alpha value is -0.860. The van der Waals surface area contributed by atoms with E-state index in [2.05, 4.69) is 6.92 Å². The highest BCUT2D eigenvalue weighted by atomic mass is 35.5. The van der Waals surface area contributed by atoms with Crippen LogP contribution < -0.4 is 0 Å². The van der Waals surface area contributed by atoms with Gasteiger partial charge in [0.2, 0.25) is 0 Å². The summed E-state index contributed by atoms with van der Waals surface area (Å²) in [5.41, 5.74) is 0.558. The molecule has 0 heterocycles. The molecular formula is C15H19ClO2. The molecule has 1 aromatic rings. The van der Waals surface area contributed by atoms with Crippen molar-refractivity contribution >= 4 is 17.4 Å². The molecule has 1 aliphatic rings. The summed E-state index contributed by atoms with van der Waals surface area (Å²) in [7, 11) is 0. The zero-order valence-corrected chi connectivity index (χ0v) is 11.5. The van der Waals surface area contributed by atoms with Gasteiger partial charge in [0.05, 0.1) is 11.1 Å². The first kappa shape index (κ1) is 13.6. The van der Waals surface area contributed by atoms with Crippen molar-refractivity contribution in [1.29, 1.82) is 0 Å². The van der Waals surface area contributed by atoms with Gasteiger partial charge in [-0.2, -0.15) is 0 Å². The second-order valence-corrected chi connectivity index (χ2v) is 5.42. The van der Waals surface area contributed by atoms with Gasteiger partial charge in [0.15, 0.2) is 5.78 Å². The van der Waals surface area contributed by atoms with Crippen molar-refractivity contribution in [3.05, 3.63) is 34.9 Å². The quantitative estimate of drug-likeness (QED) is 0.767. The van der Waals surface area contributed by atoms with Crippen LogP contribution in [0.5, 0.6) is 0 Å². The number of halogens is 1. The Morgan fingerprint density at radius 1 is 1.33 bits per heavy atom. The number of hydrogen-bond acceptors (Lipinski definition) is 2. The predicted molar refractivity (Wildman–Crippen MR) is 73.2 cm³/mol. The molecule has 0 aromatic heterocycles. The van der Waals surface area contributed by atoms with Crippen LogP contribution in [0.4, 0.5) is 0 Å². The normalized spacial score (nSPS) is 23.9. The minimum atomic E-state index is -0.0293. The summed E-state index contributed by atoms with van der Waals surface area (Å²) in [6, 6.07) is 7.13. The maximum Gasteiger partial charge on any atom is 0.189 e. The number of ether oxygens (including phenoxy) is 1. The standard InChI is InChI=1S/C15H19ClO2/c1-11-6-2-5-9-15(11)18-10-14(17)12-7-3-4-8-13(12)16/h3-4,7-8,11,15H,2,5-6,9-10H2,1H3. The number of hydrogen-bond donors (Lipinski definition) is 0. The lowest BCUT2D eigenvalue weighted by Crippen LogP contribution is -2.28. The largest absolute Gasteiger partial charge is 0.370 e. The van der Waals surface area contributed by atoms with E-state index in [0.717, 1.165) is 6.42 Å². The third-order valence-corrected chi connectivity index (χ3v) is 3.97. The maximum absolute atomic E-state index is 12.0. The topological polar surface area (TPSA) is 26.3 Å². The fourth-order valence-electron chi connectivity index (χ4n) is 2.48. The van der Waals surface area contributed by atoms with Gasteiger partial charge in [-0.3, -0.25) is 4.79 Å². The highest BCUT2D eigenvalue weighted by Gasteiger charge is 2.23. The summed E-state index contributed by atoms with van der Waals surface area (Å²) in [6.07, 6.45) is 4.97. The number of Topliss-reactive ketones (excluding diaryl/α,β-unsaturated/α-hetero) is 1.